The molecule has 2 aromatic rings. The molecule has 3 nitrogen and oxygen atoms in total. The summed E-state index contributed by atoms with van der Waals surface area (Å²) in [6.45, 7) is 0. The van der Waals surface area contributed by atoms with Gasteiger partial charge in [-0.2, -0.15) is 8.78 Å². The van der Waals surface area contributed by atoms with Gasteiger partial charge in [-0.05, 0) is 25.2 Å². The van der Waals surface area contributed by atoms with Crippen LogP contribution in [-0.4, -0.2) is 17.0 Å². The third kappa shape index (κ3) is 4.59. The lowest BCUT2D eigenvalue weighted by Crippen LogP contribution is -2.41. The van der Waals surface area contributed by atoms with E-state index in [0.717, 1.165) is 36.8 Å². The van der Waals surface area contributed by atoms with Crippen LogP contribution in [0.4, 0.5) is 39.2 Å². The molecule has 0 bridgehead atoms. The molecule has 1 saturated carbocycles. The fourth-order valence-corrected chi connectivity index (χ4v) is 4.14. The molecule has 30 heavy (non-hydrogen) atoms. The Bertz CT molecular complexity index is 887. The maximum Gasteiger partial charge on any atom is 0.673 e. The second-order valence-corrected chi connectivity index (χ2v) is 7.30. The van der Waals surface area contributed by atoms with E-state index in [1.807, 2.05) is 4.57 Å². The van der Waals surface area contributed by atoms with E-state index in [0.29, 0.717) is 18.2 Å². The van der Waals surface area contributed by atoms with E-state index in [1.54, 1.807) is 0 Å². The van der Waals surface area contributed by atoms with Crippen molar-refractivity contribution in [3.63, 3.8) is 0 Å². The van der Waals surface area contributed by atoms with Crippen molar-refractivity contribution in [1.29, 1.82) is 0 Å². The summed E-state index contributed by atoms with van der Waals surface area (Å²) in [5.74, 6) is -8.74. The van der Waals surface area contributed by atoms with Gasteiger partial charge in [-0.1, -0.05) is 23.9 Å². The van der Waals surface area contributed by atoms with E-state index in [4.69, 9.17) is 0 Å². The molecule has 1 aliphatic carbocycles. The second-order valence-electron chi connectivity index (χ2n) is 7.30. The predicted molar refractivity (Wildman–Crippen MR) is 87.7 cm³/mol. The van der Waals surface area contributed by atoms with E-state index in [-0.39, 0.29) is 6.04 Å². The second kappa shape index (κ2) is 8.50. The number of hydrogen-bond donors (Lipinski definition) is 0. The van der Waals surface area contributed by atoms with Crippen LogP contribution in [0.3, 0.4) is 0 Å². The summed E-state index contributed by atoms with van der Waals surface area (Å²) in [6.07, 6.45) is 8.58. The van der Waals surface area contributed by atoms with Crippen LogP contribution < -0.4 is 4.57 Å². The summed E-state index contributed by atoms with van der Waals surface area (Å²) < 4.78 is 110. The maximum atomic E-state index is 14.0. The minimum Gasteiger partial charge on any atom is -0.418 e. The first-order valence-electron chi connectivity index (χ1n) is 9.37. The van der Waals surface area contributed by atoms with Gasteiger partial charge < -0.3 is 17.3 Å². The molecule has 0 amide bonds. The number of rotatable bonds is 2. The highest BCUT2D eigenvalue weighted by molar-refractivity contribution is 6.50. The van der Waals surface area contributed by atoms with E-state index < -0.39 is 42.0 Å². The van der Waals surface area contributed by atoms with Gasteiger partial charge >= 0.3 is 7.25 Å². The zero-order valence-corrected chi connectivity index (χ0v) is 15.5. The molecule has 1 atom stereocenters. The summed E-state index contributed by atoms with van der Waals surface area (Å²) in [4.78, 5) is 0. The molecule has 166 valence electrons. The Morgan fingerprint density at radius 1 is 0.800 bits per heavy atom. The Kier molecular flexibility index (Phi) is 6.37. The monoisotopic (exact) mass is 445 g/mol. The van der Waals surface area contributed by atoms with E-state index in [2.05, 4.69) is 5.10 Å². The Morgan fingerprint density at radius 3 is 1.83 bits per heavy atom. The van der Waals surface area contributed by atoms with Crippen LogP contribution in [0.1, 0.15) is 50.4 Å². The van der Waals surface area contributed by atoms with E-state index in [9.17, 15) is 39.2 Å². The minimum atomic E-state index is -6.00. The molecule has 1 aromatic carbocycles. The van der Waals surface area contributed by atoms with Gasteiger partial charge in [-0.15, -0.1) is 0 Å². The van der Waals surface area contributed by atoms with E-state index in [1.165, 1.54) is 12.7 Å². The molecule has 1 unspecified atom stereocenters. The summed E-state index contributed by atoms with van der Waals surface area (Å²) in [5.41, 5.74) is -1.03. The predicted octanol–water partition coefficient (Wildman–Crippen LogP) is 5.22. The van der Waals surface area contributed by atoms with Crippen LogP contribution in [-0.2, 0) is 6.42 Å². The van der Waals surface area contributed by atoms with Gasteiger partial charge in [0, 0.05) is 11.5 Å². The highest BCUT2D eigenvalue weighted by Crippen LogP contribution is 2.35. The van der Waals surface area contributed by atoms with Crippen LogP contribution in [0.2, 0.25) is 0 Å². The number of nitrogens with zero attached hydrogens (tertiary/aromatic N) is 3. The van der Waals surface area contributed by atoms with Crippen LogP contribution in [0.25, 0.3) is 5.69 Å². The first-order chi connectivity index (χ1) is 14.0. The van der Waals surface area contributed by atoms with Crippen molar-refractivity contribution < 1.29 is 43.8 Å². The fraction of sp³-hybridized carbons (Fsp3) is 0.529. The Hall–Kier alpha value is -2.21. The van der Waals surface area contributed by atoms with Crippen molar-refractivity contribution in [2.75, 3.05) is 0 Å². The van der Waals surface area contributed by atoms with Gasteiger partial charge in [0.25, 0.3) is 5.82 Å². The number of halogens is 9. The summed E-state index contributed by atoms with van der Waals surface area (Å²) in [5, 5.41) is 4.08. The number of aromatic nitrogens is 3. The lowest BCUT2D eigenvalue weighted by Gasteiger charge is -2.26. The van der Waals surface area contributed by atoms with Gasteiger partial charge in [-0.25, -0.2) is 17.7 Å². The first kappa shape index (κ1) is 22.5. The van der Waals surface area contributed by atoms with Gasteiger partial charge in [0.15, 0.2) is 0 Å². The molecule has 1 aliphatic heterocycles. The molecule has 1 fully saturated rings. The van der Waals surface area contributed by atoms with Gasteiger partial charge in [0.05, 0.1) is 6.04 Å². The third-order valence-electron chi connectivity index (χ3n) is 5.39. The quantitative estimate of drug-likeness (QED) is 0.204. The zero-order valence-electron chi connectivity index (χ0n) is 15.5. The normalized spacial score (nSPS) is 19.4. The molecule has 0 spiro atoms. The van der Waals surface area contributed by atoms with Crippen molar-refractivity contribution in [3.8, 4) is 5.69 Å². The van der Waals surface area contributed by atoms with Gasteiger partial charge in [-0.3, -0.25) is 0 Å². The molecule has 4 rings (SSSR count). The van der Waals surface area contributed by atoms with Crippen molar-refractivity contribution in [1.82, 2.24) is 9.78 Å². The van der Waals surface area contributed by atoms with Crippen molar-refractivity contribution >= 4 is 7.25 Å². The number of hydrogen-bond acceptors (Lipinski definition) is 1. The average Bonchev–Trinajstić information content (AvgIpc) is 3.25. The number of aryl methyl sites for hydroxylation is 1. The lowest BCUT2D eigenvalue weighted by atomic mass is 9.83. The zero-order chi connectivity index (χ0) is 22.2. The third-order valence-corrected chi connectivity index (χ3v) is 5.39. The van der Waals surface area contributed by atoms with Gasteiger partial charge in [0.2, 0.25) is 41.1 Å². The number of benzene rings is 1. The maximum absolute atomic E-state index is 14.0. The van der Waals surface area contributed by atoms with Crippen molar-refractivity contribution in [3.05, 3.63) is 41.2 Å². The molecular weight excluding hydrogens is 428 g/mol. The van der Waals surface area contributed by atoms with Crippen molar-refractivity contribution in [2.24, 2.45) is 5.92 Å². The van der Waals surface area contributed by atoms with Crippen LogP contribution in [0.5, 0.6) is 0 Å². The molecular formula is C17H17BF9N3. The van der Waals surface area contributed by atoms with Crippen LogP contribution in [0.15, 0.2) is 6.33 Å². The highest BCUT2D eigenvalue weighted by atomic mass is 19.5. The molecule has 2 aliphatic rings. The molecule has 2 heterocycles. The first-order valence-corrected chi connectivity index (χ1v) is 9.37. The summed E-state index contributed by atoms with van der Waals surface area (Å²) in [6, 6.07) is 0.172. The Morgan fingerprint density at radius 2 is 1.30 bits per heavy atom. The molecule has 0 radical (unpaired) electrons. The lowest BCUT2D eigenvalue weighted by molar-refractivity contribution is -0.724. The van der Waals surface area contributed by atoms with E-state index >= 15 is 0 Å². The Labute approximate surface area is 165 Å². The highest BCUT2D eigenvalue weighted by Gasteiger charge is 2.39. The molecule has 13 heteroatoms. The summed E-state index contributed by atoms with van der Waals surface area (Å²) >= 11 is 0. The molecule has 0 saturated heterocycles. The topological polar surface area (TPSA) is 21.7 Å². The summed E-state index contributed by atoms with van der Waals surface area (Å²) in [7, 11) is -6.00. The van der Waals surface area contributed by atoms with Gasteiger partial charge in [0.1, 0.15) is 0 Å². The standard InChI is InChI=1S/C17H17F5N3.BF4/c18-12-13(19)15(21)17(16(22)14(12)20)25-8-24-10(6-7-11(24)23-25)9-4-2-1-3-5-9;2-1(3,4)5/h8-10H,1-7H2;/q+1;-1. The minimum absolute atomic E-state index is 0.172. The van der Waals surface area contributed by atoms with Crippen LogP contribution >= 0.6 is 0 Å². The fourth-order valence-electron chi connectivity index (χ4n) is 4.14. The van der Waals surface area contributed by atoms with Crippen LogP contribution in [0, 0.1) is 35.0 Å². The smallest absolute Gasteiger partial charge is 0.418 e. The number of fused-ring (bicyclic) bond motifs is 1. The molecule has 1 aromatic heterocycles. The average molecular weight is 445 g/mol. The van der Waals surface area contributed by atoms with Crippen molar-refractivity contribution in [2.45, 2.75) is 51.0 Å². The SMILES string of the molecule is F[B-](F)(F)F.Fc1c(F)c(F)c(-n2c[n+]3c(n2)CCC3C2CCCCC2)c(F)c1F. The Balaban J connectivity index is 0.000000461. The largest absolute Gasteiger partial charge is 0.673 e. The molecule has 0 N–H and O–H groups in total.